The van der Waals surface area contributed by atoms with Crippen LogP contribution < -0.4 is 15.4 Å². The molecule has 0 saturated heterocycles. The van der Waals surface area contributed by atoms with E-state index in [9.17, 15) is 0 Å². The molecule has 2 N–H and O–H groups in total. The van der Waals surface area contributed by atoms with Crippen molar-refractivity contribution in [2.75, 3.05) is 6.54 Å². The molecule has 2 rings (SSSR count). The first kappa shape index (κ1) is 22.2. The van der Waals surface area contributed by atoms with Gasteiger partial charge in [-0.05, 0) is 50.1 Å². The number of guanidine groups is 1. The first-order chi connectivity index (χ1) is 12.2. The molecule has 0 fully saturated rings. The van der Waals surface area contributed by atoms with E-state index in [2.05, 4.69) is 41.4 Å². The molecular weight excluding hydrogens is 439 g/mol. The zero-order valence-corrected chi connectivity index (χ0v) is 18.1. The molecule has 0 bridgehead atoms. The molecule has 0 aliphatic carbocycles. The maximum absolute atomic E-state index is 5.76. The topological polar surface area (TPSA) is 58.5 Å². The third kappa shape index (κ3) is 8.03. The molecule has 142 valence electrons. The van der Waals surface area contributed by atoms with Gasteiger partial charge in [0.25, 0.3) is 0 Å². The summed E-state index contributed by atoms with van der Waals surface area (Å²) in [6.07, 6.45) is 2.84. The third-order valence-electron chi connectivity index (χ3n) is 3.80. The molecule has 2 aromatic rings. The summed E-state index contributed by atoms with van der Waals surface area (Å²) in [6, 6.07) is 14.3. The summed E-state index contributed by atoms with van der Waals surface area (Å²) in [5.74, 6) is 1.69. The summed E-state index contributed by atoms with van der Waals surface area (Å²) in [7, 11) is 0. The molecule has 1 atom stereocenters. The number of nitrogens with zero attached hydrogens (tertiary/aromatic N) is 2. The summed E-state index contributed by atoms with van der Waals surface area (Å²) in [6.45, 7) is 8.34. The van der Waals surface area contributed by atoms with Gasteiger partial charge in [-0.15, -0.1) is 24.0 Å². The van der Waals surface area contributed by atoms with Gasteiger partial charge in [0, 0.05) is 18.8 Å². The van der Waals surface area contributed by atoms with Gasteiger partial charge in [0.1, 0.15) is 12.4 Å². The van der Waals surface area contributed by atoms with Crippen LogP contribution in [0.3, 0.4) is 0 Å². The SMILES string of the molecule is CCNC(=NCc1ccc(OCc2ccccn2)cc1)NC(C)CC.I. The van der Waals surface area contributed by atoms with E-state index < -0.39 is 0 Å². The van der Waals surface area contributed by atoms with E-state index in [1.807, 2.05) is 42.5 Å². The molecule has 5 nitrogen and oxygen atoms in total. The molecule has 0 radical (unpaired) electrons. The lowest BCUT2D eigenvalue weighted by Gasteiger charge is -2.16. The molecule has 0 aliphatic rings. The van der Waals surface area contributed by atoms with Crippen LogP contribution in [-0.2, 0) is 13.2 Å². The average molecular weight is 468 g/mol. The van der Waals surface area contributed by atoms with Crippen molar-refractivity contribution in [2.45, 2.75) is 46.4 Å². The van der Waals surface area contributed by atoms with Gasteiger partial charge in [-0.25, -0.2) is 4.99 Å². The lowest BCUT2D eigenvalue weighted by molar-refractivity contribution is 0.301. The number of halogens is 1. The van der Waals surface area contributed by atoms with E-state index in [0.29, 0.717) is 19.2 Å². The molecule has 1 aromatic carbocycles. The number of aromatic nitrogens is 1. The highest BCUT2D eigenvalue weighted by atomic mass is 127. The Hall–Kier alpha value is -1.83. The Morgan fingerprint density at radius 2 is 1.92 bits per heavy atom. The first-order valence-corrected chi connectivity index (χ1v) is 8.87. The van der Waals surface area contributed by atoms with E-state index in [0.717, 1.165) is 35.9 Å². The normalized spacial score (nSPS) is 12.0. The second-order valence-electron chi connectivity index (χ2n) is 5.90. The van der Waals surface area contributed by atoms with Gasteiger partial charge in [-0.1, -0.05) is 25.1 Å². The van der Waals surface area contributed by atoms with Crippen LogP contribution >= 0.6 is 24.0 Å². The minimum absolute atomic E-state index is 0. The summed E-state index contributed by atoms with van der Waals surface area (Å²) in [5.41, 5.74) is 2.06. The quantitative estimate of drug-likeness (QED) is 0.348. The largest absolute Gasteiger partial charge is 0.487 e. The van der Waals surface area contributed by atoms with Crippen LogP contribution in [0.5, 0.6) is 5.75 Å². The second kappa shape index (κ2) is 12.5. The van der Waals surface area contributed by atoms with Gasteiger partial charge in [-0.2, -0.15) is 0 Å². The van der Waals surface area contributed by atoms with E-state index in [1.54, 1.807) is 6.20 Å². The maximum Gasteiger partial charge on any atom is 0.191 e. The number of hydrogen-bond donors (Lipinski definition) is 2. The Labute approximate surface area is 173 Å². The van der Waals surface area contributed by atoms with Crippen molar-refractivity contribution in [1.82, 2.24) is 15.6 Å². The molecule has 26 heavy (non-hydrogen) atoms. The first-order valence-electron chi connectivity index (χ1n) is 8.87. The number of hydrogen-bond acceptors (Lipinski definition) is 3. The summed E-state index contributed by atoms with van der Waals surface area (Å²) in [4.78, 5) is 8.89. The monoisotopic (exact) mass is 468 g/mol. The molecular formula is C20H29IN4O. The predicted molar refractivity (Wildman–Crippen MR) is 118 cm³/mol. The van der Waals surface area contributed by atoms with Crippen LogP contribution in [0.4, 0.5) is 0 Å². The number of benzene rings is 1. The number of ether oxygens (including phenoxy) is 1. The highest BCUT2D eigenvalue weighted by Crippen LogP contribution is 2.14. The van der Waals surface area contributed by atoms with Crippen LogP contribution in [0.2, 0.25) is 0 Å². The Balaban J connectivity index is 0.00000338. The van der Waals surface area contributed by atoms with Gasteiger partial charge in [0.2, 0.25) is 0 Å². The van der Waals surface area contributed by atoms with Gasteiger partial charge in [-0.3, -0.25) is 4.98 Å². The minimum Gasteiger partial charge on any atom is -0.487 e. The highest BCUT2D eigenvalue weighted by molar-refractivity contribution is 14.0. The summed E-state index contributed by atoms with van der Waals surface area (Å²) >= 11 is 0. The Kier molecular flexibility index (Phi) is 10.7. The van der Waals surface area contributed by atoms with Crippen molar-refractivity contribution in [1.29, 1.82) is 0 Å². The second-order valence-corrected chi connectivity index (χ2v) is 5.90. The van der Waals surface area contributed by atoms with Crippen molar-refractivity contribution < 1.29 is 4.74 Å². The predicted octanol–water partition coefficient (Wildman–Crippen LogP) is 4.13. The fourth-order valence-electron chi connectivity index (χ4n) is 2.16. The fraction of sp³-hybridized carbons (Fsp3) is 0.400. The average Bonchev–Trinajstić information content (AvgIpc) is 2.66. The standard InChI is InChI=1S/C20H28N4O.HI/c1-4-16(3)24-20(21-5-2)23-14-17-9-11-19(12-10-17)25-15-18-8-6-7-13-22-18;/h6-13,16H,4-5,14-15H2,1-3H3,(H2,21,23,24);1H. The van der Waals surface area contributed by atoms with Crippen LogP contribution in [-0.4, -0.2) is 23.5 Å². The molecule has 1 heterocycles. The Morgan fingerprint density at radius 1 is 1.15 bits per heavy atom. The molecule has 0 aliphatic heterocycles. The molecule has 0 spiro atoms. The van der Waals surface area contributed by atoms with Crippen molar-refractivity contribution in [3.63, 3.8) is 0 Å². The van der Waals surface area contributed by atoms with Crippen molar-refractivity contribution in [3.8, 4) is 5.75 Å². The van der Waals surface area contributed by atoms with Crippen LogP contribution in [0.1, 0.15) is 38.4 Å². The summed E-state index contributed by atoms with van der Waals surface area (Å²) < 4.78 is 5.76. The maximum atomic E-state index is 5.76. The molecule has 0 saturated carbocycles. The summed E-state index contributed by atoms with van der Waals surface area (Å²) in [5, 5.41) is 6.67. The molecule has 0 amide bonds. The van der Waals surface area contributed by atoms with Crippen LogP contribution in [0.15, 0.2) is 53.7 Å². The fourth-order valence-corrected chi connectivity index (χ4v) is 2.16. The number of rotatable bonds is 8. The smallest absolute Gasteiger partial charge is 0.191 e. The van der Waals surface area contributed by atoms with Crippen molar-refractivity contribution >= 4 is 29.9 Å². The Bertz CT molecular complexity index is 647. The zero-order chi connectivity index (χ0) is 17.9. The van der Waals surface area contributed by atoms with Crippen LogP contribution in [0.25, 0.3) is 0 Å². The van der Waals surface area contributed by atoms with Gasteiger partial charge in [0.15, 0.2) is 5.96 Å². The molecule has 1 aromatic heterocycles. The third-order valence-corrected chi connectivity index (χ3v) is 3.80. The van der Waals surface area contributed by atoms with Gasteiger partial charge >= 0.3 is 0 Å². The van der Waals surface area contributed by atoms with E-state index in [4.69, 9.17) is 4.74 Å². The number of aliphatic imine (C=N–C) groups is 1. The van der Waals surface area contributed by atoms with Gasteiger partial charge in [0.05, 0.1) is 12.2 Å². The van der Waals surface area contributed by atoms with Crippen molar-refractivity contribution in [3.05, 3.63) is 59.9 Å². The number of pyridine rings is 1. The van der Waals surface area contributed by atoms with Gasteiger partial charge < -0.3 is 15.4 Å². The Morgan fingerprint density at radius 3 is 2.54 bits per heavy atom. The highest BCUT2D eigenvalue weighted by Gasteiger charge is 2.03. The minimum atomic E-state index is 0. The lowest BCUT2D eigenvalue weighted by atomic mass is 10.2. The molecule has 1 unspecified atom stereocenters. The number of nitrogens with one attached hydrogen (secondary N) is 2. The van der Waals surface area contributed by atoms with E-state index >= 15 is 0 Å². The van der Waals surface area contributed by atoms with Crippen LogP contribution in [0, 0.1) is 0 Å². The van der Waals surface area contributed by atoms with E-state index in [1.165, 1.54) is 0 Å². The molecule has 6 heteroatoms. The lowest BCUT2D eigenvalue weighted by Crippen LogP contribution is -2.41. The zero-order valence-electron chi connectivity index (χ0n) is 15.7. The van der Waals surface area contributed by atoms with Crippen molar-refractivity contribution in [2.24, 2.45) is 4.99 Å². The van der Waals surface area contributed by atoms with E-state index in [-0.39, 0.29) is 24.0 Å².